The van der Waals surface area contributed by atoms with Gasteiger partial charge in [-0.05, 0) is 25.1 Å². The maximum absolute atomic E-state index is 12.5. The number of amides is 2. The molecule has 1 saturated heterocycles. The molecule has 0 bridgehead atoms. The van der Waals surface area contributed by atoms with Crippen LogP contribution in [-0.2, 0) is 9.59 Å². The SMILES string of the molecule is COc1ccc(Cl)cc1NC(=O)C(C)N1CCN(C(C)=O)CC1. The fourth-order valence-corrected chi connectivity index (χ4v) is 2.78. The van der Waals surface area contributed by atoms with Crippen molar-refractivity contribution in [2.75, 3.05) is 38.6 Å². The summed E-state index contributed by atoms with van der Waals surface area (Å²) in [6, 6.07) is 4.79. The molecule has 7 heteroatoms. The second-order valence-corrected chi connectivity index (χ2v) is 5.99. The van der Waals surface area contributed by atoms with Crippen molar-refractivity contribution in [3.63, 3.8) is 0 Å². The van der Waals surface area contributed by atoms with Crippen LogP contribution in [0.4, 0.5) is 5.69 Å². The number of carbonyl (C=O) groups is 2. The van der Waals surface area contributed by atoms with E-state index in [1.54, 1.807) is 37.1 Å². The smallest absolute Gasteiger partial charge is 0.241 e. The number of rotatable bonds is 4. The third-order valence-electron chi connectivity index (χ3n) is 4.11. The van der Waals surface area contributed by atoms with E-state index in [1.807, 2.05) is 6.92 Å². The highest BCUT2D eigenvalue weighted by atomic mass is 35.5. The maximum Gasteiger partial charge on any atom is 0.241 e. The Morgan fingerprint density at radius 3 is 2.48 bits per heavy atom. The van der Waals surface area contributed by atoms with Crippen molar-refractivity contribution in [1.29, 1.82) is 0 Å². The zero-order valence-electron chi connectivity index (χ0n) is 13.6. The summed E-state index contributed by atoms with van der Waals surface area (Å²) in [5, 5.41) is 3.39. The van der Waals surface area contributed by atoms with Gasteiger partial charge in [-0.1, -0.05) is 11.6 Å². The fraction of sp³-hybridized carbons (Fsp3) is 0.500. The number of ether oxygens (including phenoxy) is 1. The molecular formula is C16H22ClN3O3. The molecule has 1 aliphatic rings. The molecule has 1 aliphatic heterocycles. The molecule has 1 N–H and O–H groups in total. The van der Waals surface area contributed by atoms with Crippen LogP contribution in [0, 0.1) is 0 Å². The molecule has 23 heavy (non-hydrogen) atoms. The number of methoxy groups -OCH3 is 1. The number of carbonyl (C=O) groups excluding carboxylic acids is 2. The van der Waals surface area contributed by atoms with Gasteiger partial charge >= 0.3 is 0 Å². The van der Waals surface area contributed by atoms with Crippen LogP contribution in [0.1, 0.15) is 13.8 Å². The van der Waals surface area contributed by atoms with Crippen molar-refractivity contribution in [3.05, 3.63) is 23.2 Å². The number of halogens is 1. The lowest BCUT2D eigenvalue weighted by molar-refractivity contribution is -0.131. The molecule has 1 aromatic rings. The Hall–Kier alpha value is -1.79. The van der Waals surface area contributed by atoms with Crippen LogP contribution in [-0.4, -0.2) is 60.9 Å². The van der Waals surface area contributed by atoms with Gasteiger partial charge in [0, 0.05) is 38.1 Å². The minimum absolute atomic E-state index is 0.0745. The first-order valence-electron chi connectivity index (χ1n) is 7.56. The Kier molecular flexibility index (Phi) is 5.85. The minimum atomic E-state index is -0.298. The van der Waals surface area contributed by atoms with Gasteiger partial charge in [0.2, 0.25) is 11.8 Å². The Labute approximate surface area is 141 Å². The summed E-state index contributed by atoms with van der Waals surface area (Å²) in [7, 11) is 1.54. The average molecular weight is 340 g/mol. The van der Waals surface area contributed by atoms with Crippen molar-refractivity contribution in [2.45, 2.75) is 19.9 Å². The second-order valence-electron chi connectivity index (χ2n) is 5.55. The van der Waals surface area contributed by atoms with Crippen molar-refractivity contribution in [1.82, 2.24) is 9.80 Å². The van der Waals surface area contributed by atoms with Crippen LogP contribution in [0.2, 0.25) is 5.02 Å². The quantitative estimate of drug-likeness (QED) is 0.909. The summed E-state index contributed by atoms with van der Waals surface area (Å²) in [6.07, 6.45) is 0. The van der Waals surface area contributed by atoms with Crippen molar-refractivity contribution in [2.24, 2.45) is 0 Å². The van der Waals surface area contributed by atoms with Gasteiger partial charge in [-0.2, -0.15) is 0 Å². The lowest BCUT2D eigenvalue weighted by Crippen LogP contribution is -2.53. The number of nitrogens with zero attached hydrogens (tertiary/aromatic N) is 2. The third kappa shape index (κ3) is 4.36. The predicted octanol–water partition coefficient (Wildman–Crippen LogP) is 1.84. The Bertz CT molecular complexity index is 586. The van der Waals surface area contributed by atoms with E-state index in [2.05, 4.69) is 10.2 Å². The molecule has 0 spiro atoms. The molecule has 0 aromatic heterocycles. The molecular weight excluding hydrogens is 318 g/mol. The van der Waals surface area contributed by atoms with E-state index in [0.717, 1.165) is 0 Å². The lowest BCUT2D eigenvalue weighted by atomic mass is 10.2. The van der Waals surface area contributed by atoms with Crippen LogP contribution >= 0.6 is 11.6 Å². The molecule has 1 aromatic carbocycles. The largest absolute Gasteiger partial charge is 0.495 e. The molecule has 1 atom stereocenters. The van der Waals surface area contributed by atoms with Gasteiger partial charge in [-0.3, -0.25) is 14.5 Å². The number of nitrogens with one attached hydrogen (secondary N) is 1. The zero-order valence-corrected chi connectivity index (χ0v) is 14.4. The van der Waals surface area contributed by atoms with E-state index in [9.17, 15) is 9.59 Å². The summed E-state index contributed by atoms with van der Waals surface area (Å²) < 4.78 is 5.24. The molecule has 1 heterocycles. The predicted molar refractivity (Wildman–Crippen MR) is 89.9 cm³/mol. The lowest BCUT2D eigenvalue weighted by Gasteiger charge is -2.37. The van der Waals surface area contributed by atoms with Gasteiger partial charge in [-0.15, -0.1) is 0 Å². The van der Waals surface area contributed by atoms with Gasteiger partial charge in [0.25, 0.3) is 0 Å². The maximum atomic E-state index is 12.5. The summed E-state index contributed by atoms with van der Waals surface area (Å²) in [4.78, 5) is 27.7. The Morgan fingerprint density at radius 2 is 1.91 bits per heavy atom. The van der Waals surface area contributed by atoms with Crippen molar-refractivity contribution in [3.8, 4) is 5.75 Å². The number of benzene rings is 1. The highest BCUT2D eigenvalue weighted by Gasteiger charge is 2.26. The molecule has 126 valence electrons. The molecule has 2 amide bonds. The number of anilines is 1. The van der Waals surface area contributed by atoms with Gasteiger partial charge < -0.3 is 15.0 Å². The Morgan fingerprint density at radius 1 is 1.26 bits per heavy atom. The molecule has 2 rings (SSSR count). The van der Waals surface area contributed by atoms with Gasteiger partial charge in [-0.25, -0.2) is 0 Å². The van der Waals surface area contributed by atoms with Crippen LogP contribution in [0.5, 0.6) is 5.75 Å². The monoisotopic (exact) mass is 339 g/mol. The minimum Gasteiger partial charge on any atom is -0.495 e. The fourth-order valence-electron chi connectivity index (χ4n) is 2.60. The van der Waals surface area contributed by atoms with Gasteiger partial charge in [0.15, 0.2) is 0 Å². The summed E-state index contributed by atoms with van der Waals surface area (Å²) >= 11 is 5.98. The molecule has 0 radical (unpaired) electrons. The number of hydrogen-bond donors (Lipinski definition) is 1. The normalized spacial score (nSPS) is 16.8. The third-order valence-corrected chi connectivity index (χ3v) is 4.34. The van der Waals surface area contributed by atoms with E-state index in [1.165, 1.54) is 0 Å². The van der Waals surface area contributed by atoms with Crippen molar-refractivity contribution >= 4 is 29.1 Å². The summed E-state index contributed by atoms with van der Waals surface area (Å²) in [5.74, 6) is 0.517. The van der Waals surface area contributed by atoms with Crippen LogP contribution < -0.4 is 10.1 Å². The van der Waals surface area contributed by atoms with Gasteiger partial charge in [0.1, 0.15) is 5.75 Å². The zero-order chi connectivity index (χ0) is 17.0. The van der Waals surface area contributed by atoms with E-state index in [0.29, 0.717) is 42.6 Å². The highest BCUT2D eigenvalue weighted by Crippen LogP contribution is 2.28. The standard InChI is InChI=1S/C16H22ClN3O3/c1-11(19-6-8-20(9-7-19)12(2)21)16(22)18-14-10-13(17)4-5-15(14)23-3/h4-5,10-11H,6-9H2,1-3H3,(H,18,22). The van der Waals surface area contributed by atoms with Gasteiger partial charge in [0.05, 0.1) is 18.8 Å². The summed E-state index contributed by atoms with van der Waals surface area (Å²) in [6.45, 7) is 6.08. The Balaban J connectivity index is 1.98. The van der Waals surface area contributed by atoms with E-state index >= 15 is 0 Å². The second kappa shape index (κ2) is 7.66. The first-order valence-corrected chi connectivity index (χ1v) is 7.94. The first kappa shape index (κ1) is 17.6. The first-order chi connectivity index (χ1) is 10.9. The van der Waals surface area contributed by atoms with E-state index < -0.39 is 0 Å². The average Bonchev–Trinajstić information content (AvgIpc) is 2.54. The van der Waals surface area contributed by atoms with Crippen LogP contribution in [0.25, 0.3) is 0 Å². The molecule has 0 saturated carbocycles. The van der Waals surface area contributed by atoms with E-state index in [-0.39, 0.29) is 17.9 Å². The summed E-state index contributed by atoms with van der Waals surface area (Å²) in [5.41, 5.74) is 0.555. The number of hydrogen-bond acceptors (Lipinski definition) is 4. The van der Waals surface area contributed by atoms with Crippen molar-refractivity contribution < 1.29 is 14.3 Å². The topological polar surface area (TPSA) is 61.9 Å². The molecule has 6 nitrogen and oxygen atoms in total. The van der Waals surface area contributed by atoms with Crippen LogP contribution in [0.3, 0.4) is 0 Å². The highest BCUT2D eigenvalue weighted by molar-refractivity contribution is 6.31. The molecule has 1 fully saturated rings. The molecule has 1 unspecified atom stereocenters. The van der Waals surface area contributed by atoms with Crippen LogP contribution in [0.15, 0.2) is 18.2 Å². The number of piperazine rings is 1. The van der Waals surface area contributed by atoms with E-state index in [4.69, 9.17) is 16.3 Å². The molecule has 0 aliphatic carbocycles.